The van der Waals surface area contributed by atoms with E-state index in [1.54, 1.807) is 0 Å². The summed E-state index contributed by atoms with van der Waals surface area (Å²) in [5.41, 5.74) is 0.210. The molecule has 0 unspecified atom stereocenters. The number of halogens is 1. The molecule has 0 saturated heterocycles. The maximum atomic E-state index is 13.7. The molecule has 21 heavy (non-hydrogen) atoms. The number of benzene rings is 1. The van der Waals surface area contributed by atoms with Gasteiger partial charge in [-0.25, -0.2) is 12.8 Å². The number of rotatable bonds is 6. The van der Waals surface area contributed by atoms with Gasteiger partial charge in [0.05, 0.1) is 29.7 Å². The molecule has 1 aromatic carbocycles. The van der Waals surface area contributed by atoms with Crippen molar-refractivity contribution in [2.75, 3.05) is 23.7 Å². The number of hydrogen-bond acceptors (Lipinski definition) is 4. The molecule has 1 rings (SSSR count). The van der Waals surface area contributed by atoms with Crippen LogP contribution in [0.1, 0.15) is 19.4 Å². The Labute approximate surface area is 124 Å². The summed E-state index contributed by atoms with van der Waals surface area (Å²) in [6, 6.07) is 3.80. The van der Waals surface area contributed by atoms with Gasteiger partial charge in [-0.3, -0.25) is 4.72 Å². The Kier molecular flexibility index (Phi) is 6.62. The number of aliphatic hydroxyl groups excluding tert-OH is 1. The largest absolute Gasteiger partial charge is 0.384 e. The van der Waals surface area contributed by atoms with Crippen LogP contribution in [-0.4, -0.2) is 38.6 Å². The van der Waals surface area contributed by atoms with Crippen molar-refractivity contribution < 1.29 is 22.7 Å². The van der Waals surface area contributed by atoms with Crippen molar-refractivity contribution in [3.05, 3.63) is 29.6 Å². The van der Waals surface area contributed by atoms with E-state index in [4.69, 9.17) is 9.84 Å². The standard InChI is InChI=1S/C14H18FNO4S/c1-11(2)20-8-9-21(18,19)16-13-6-5-12(4-3-7-17)14(15)10-13/h5-6,10-11,16-17H,7-9H2,1-2H3. The average Bonchev–Trinajstić information content (AvgIpc) is 2.36. The van der Waals surface area contributed by atoms with Crippen LogP contribution in [-0.2, 0) is 14.8 Å². The summed E-state index contributed by atoms with van der Waals surface area (Å²) < 4.78 is 44.7. The Morgan fingerprint density at radius 3 is 2.71 bits per heavy atom. The summed E-state index contributed by atoms with van der Waals surface area (Å²) >= 11 is 0. The zero-order valence-corrected chi connectivity index (χ0v) is 12.7. The van der Waals surface area contributed by atoms with Crippen molar-refractivity contribution in [3.8, 4) is 11.8 Å². The first-order chi connectivity index (χ1) is 9.84. The van der Waals surface area contributed by atoms with E-state index in [1.807, 2.05) is 13.8 Å². The molecule has 1 aromatic rings. The third kappa shape index (κ3) is 6.58. The molecule has 0 radical (unpaired) electrons. The van der Waals surface area contributed by atoms with Gasteiger partial charge in [-0.15, -0.1) is 0 Å². The molecule has 0 bridgehead atoms. The minimum absolute atomic E-state index is 0.0537. The van der Waals surface area contributed by atoms with Crippen molar-refractivity contribution in [1.29, 1.82) is 0 Å². The van der Waals surface area contributed by atoms with Crippen molar-refractivity contribution in [2.24, 2.45) is 0 Å². The Morgan fingerprint density at radius 1 is 1.43 bits per heavy atom. The fourth-order valence-corrected chi connectivity index (χ4v) is 2.34. The minimum Gasteiger partial charge on any atom is -0.384 e. The minimum atomic E-state index is -3.59. The molecule has 0 amide bonds. The number of nitrogens with one attached hydrogen (secondary N) is 1. The van der Waals surface area contributed by atoms with Gasteiger partial charge in [0, 0.05) is 0 Å². The van der Waals surface area contributed by atoms with Crippen molar-refractivity contribution in [1.82, 2.24) is 0 Å². The van der Waals surface area contributed by atoms with Gasteiger partial charge in [0.15, 0.2) is 0 Å². The second kappa shape index (κ2) is 7.98. The third-order valence-corrected chi connectivity index (χ3v) is 3.60. The summed E-state index contributed by atoms with van der Waals surface area (Å²) in [4.78, 5) is 0. The number of sulfonamides is 1. The highest BCUT2D eigenvalue weighted by Gasteiger charge is 2.12. The SMILES string of the molecule is CC(C)OCCS(=O)(=O)Nc1ccc(C#CCO)c(F)c1. The van der Waals surface area contributed by atoms with E-state index in [0.717, 1.165) is 6.07 Å². The molecule has 0 aliphatic rings. The molecule has 0 heterocycles. The van der Waals surface area contributed by atoms with E-state index in [2.05, 4.69) is 16.6 Å². The first-order valence-electron chi connectivity index (χ1n) is 6.35. The zero-order valence-electron chi connectivity index (χ0n) is 11.9. The highest BCUT2D eigenvalue weighted by molar-refractivity contribution is 7.92. The summed E-state index contributed by atoms with van der Waals surface area (Å²) in [6.45, 7) is 3.31. The predicted molar refractivity (Wildman–Crippen MR) is 78.9 cm³/mol. The quantitative estimate of drug-likeness (QED) is 0.777. The van der Waals surface area contributed by atoms with Crippen molar-refractivity contribution in [3.63, 3.8) is 0 Å². The smallest absolute Gasteiger partial charge is 0.235 e. The molecule has 0 saturated carbocycles. The molecule has 0 spiro atoms. The van der Waals surface area contributed by atoms with Crippen LogP contribution in [0.15, 0.2) is 18.2 Å². The van der Waals surface area contributed by atoms with E-state index in [1.165, 1.54) is 12.1 Å². The monoisotopic (exact) mass is 315 g/mol. The van der Waals surface area contributed by atoms with Crippen LogP contribution in [0, 0.1) is 17.7 Å². The molecular formula is C14H18FNO4S. The summed E-state index contributed by atoms with van der Waals surface area (Å²) in [6.07, 6.45) is -0.0537. The van der Waals surface area contributed by atoms with Gasteiger partial charge in [0.1, 0.15) is 12.4 Å². The molecular weight excluding hydrogens is 297 g/mol. The van der Waals surface area contributed by atoms with Crippen LogP contribution in [0.25, 0.3) is 0 Å². The van der Waals surface area contributed by atoms with Gasteiger partial charge in [-0.1, -0.05) is 11.8 Å². The van der Waals surface area contributed by atoms with Crippen LogP contribution >= 0.6 is 0 Å². The molecule has 0 atom stereocenters. The zero-order chi connectivity index (χ0) is 15.9. The Hall–Kier alpha value is -1.62. The van der Waals surface area contributed by atoms with E-state index in [9.17, 15) is 12.8 Å². The number of hydrogen-bond donors (Lipinski definition) is 2. The first-order valence-corrected chi connectivity index (χ1v) is 8.00. The molecule has 5 nitrogen and oxygen atoms in total. The highest BCUT2D eigenvalue weighted by atomic mass is 32.2. The molecule has 116 valence electrons. The van der Waals surface area contributed by atoms with Crippen LogP contribution < -0.4 is 4.72 Å². The fraction of sp³-hybridized carbons (Fsp3) is 0.429. The number of aliphatic hydroxyl groups is 1. The number of ether oxygens (including phenoxy) is 1. The van der Waals surface area contributed by atoms with Crippen LogP contribution in [0.3, 0.4) is 0 Å². The number of anilines is 1. The lowest BCUT2D eigenvalue weighted by atomic mass is 10.2. The average molecular weight is 315 g/mol. The van der Waals surface area contributed by atoms with Gasteiger partial charge < -0.3 is 9.84 Å². The van der Waals surface area contributed by atoms with Gasteiger partial charge in [-0.2, -0.15) is 0 Å². The van der Waals surface area contributed by atoms with Gasteiger partial charge in [0.2, 0.25) is 10.0 Å². The van der Waals surface area contributed by atoms with Crippen LogP contribution in [0.2, 0.25) is 0 Å². The summed E-state index contributed by atoms with van der Waals surface area (Å²) in [5.74, 6) is 3.88. The summed E-state index contributed by atoms with van der Waals surface area (Å²) in [5, 5.41) is 8.55. The van der Waals surface area contributed by atoms with Gasteiger partial charge in [-0.05, 0) is 32.0 Å². The maximum absolute atomic E-state index is 13.7. The van der Waals surface area contributed by atoms with Crippen molar-refractivity contribution >= 4 is 15.7 Å². The lowest BCUT2D eigenvalue weighted by Crippen LogP contribution is -2.21. The highest BCUT2D eigenvalue weighted by Crippen LogP contribution is 2.15. The van der Waals surface area contributed by atoms with E-state index in [-0.39, 0.29) is 36.3 Å². The molecule has 2 N–H and O–H groups in total. The second-order valence-electron chi connectivity index (χ2n) is 4.49. The molecule has 0 aromatic heterocycles. The van der Waals surface area contributed by atoms with Crippen LogP contribution in [0.5, 0.6) is 0 Å². The van der Waals surface area contributed by atoms with Crippen molar-refractivity contribution in [2.45, 2.75) is 20.0 Å². The Balaban J connectivity index is 2.72. The van der Waals surface area contributed by atoms with E-state index >= 15 is 0 Å². The second-order valence-corrected chi connectivity index (χ2v) is 6.34. The molecule has 0 aliphatic carbocycles. The fourth-order valence-electron chi connectivity index (χ4n) is 1.44. The maximum Gasteiger partial charge on any atom is 0.235 e. The van der Waals surface area contributed by atoms with E-state index < -0.39 is 15.8 Å². The molecule has 0 aliphatic heterocycles. The third-order valence-electron chi connectivity index (χ3n) is 2.35. The van der Waals surface area contributed by atoms with E-state index in [0.29, 0.717) is 0 Å². The predicted octanol–water partition coefficient (Wildman–Crippen LogP) is 1.34. The summed E-state index contributed by atoms with van der Waals surface area (Å²) in [7, 11) is -3.59. The van der Waals surface area contributed by atoms with Gasteiger partial charge in [0.25, 0.3) is 0 Å². The normalized spacial score (nSPS) is 11.1. The molecule has 7 heteroatoms. The lowest BCUT2D eigenvalue weighted by Gasteiger charge is -2.10. The molecule has 0 fully saturated rings. The lowest BCUT2D eigenvalue weighted by molar-refractivity contribution is 0.0913. The Bertz CT molecular complexity index is 632. The van der Waals surface area contributed by atoms with Gasteiger partial charge >= 0.3 is 0 Å². The first kappa shape index (κ1) is 17.4. The Morgan fingerprint density at radius 2 is 2.14 bits per heavy atom. The topological polar surface area (TPSA) is 75.6 Å². The van der Waals surface area contributed by atoms with Crippen LogP contribution in [0.4, 0.5) is 10.1 Å².